The van der Waals surface area contributed by atoms with Crippen molar-refractivity contribution in [2.24, 2.45) is 5.92 Å². The molecule has 1 aromatic carbocycles. The van der Waals surface area contributed by atoms with Gasteiger partial charge < -0.3 is 14.6 Å². The summed E-state index contributed by atoms with van der Waals surface area (Å²) in [6.07, 6.45) is 4.29. The zero-order chi connectivity index (χ0) is 17.5. The van der Waals surface area contributed by atoms with Crippen LogP contribution in [0.2, 0.25) is 5.02 Å². The monoisotopic (exact) mass is 372 g/mol. The van der Waals surface area contributed by atoms with Crippen molar-refractivity contribution < 1.29 is 4.74 Å². The Morgan fingerprint density at radius 2 is 2.31 bits per heavy atom. The van der Waals surface area contributed by atoms with E-state index in [9.17, 15) is 0 Å². The third kappa shape index (κ3) is 2.75. The molecule has 2 aliphatic heterocycles. The molecule has 0 bridgehead atoms. The maximum absolute atomic E-state index is 6.25. The lowest BCUT2D eigenvalue weighted by Crippen LogP contribution is -2.38. The summed E-state index contributed by atoms with van der Waals surface area (Å²) in [4.78, 5) is 5.91. The van der Waals surface area contributed by atoms with Crippen LogP contribution in [-0.2, 0) is 11.2 Å². The molecule has 4 heterocycles. The van der Waals surface area contributed by atoms with E-state index in [-0.39, 0.29) is 6.04 Å². The van der Waals surface area contributed by atoms with E-state index in [0.29, 0.717) is 11.9 Å². The number of benzene rings is 1. The maximum atomic E-state index is 6.25. The van der Waals surface area contributed by atoms with Gasteiger partial charge in [-0.2, -0.15) is 5.21 Å². The number of rotatable bonds is 3. The van der Waals surface area contributed by atoms with Crippen molar-refractivity contribution in [3.05, 3.63) is 34.5 Å². The first-order valence-corrected chi connectivity index (χ1v) is 9.55. The third-order valence-electron chi connectivity index (χ3n) is 5.62. The third-order valence-corrected chi connectivity index (χ3v) is 5.85. The van der Waals surface area contributed by atoms with E-state index in [0.717, 1.165) is 49.6 Å². The van der Waals surface area contributed by atoms with Gasteiger partial charge in [-0.1, -0.05) is 16.7 Å². The van der Waals surface area contributed by atoms with Gasteiger partial charge in [-0.05, 0) is 60.6 Å². The number of ether oxygens (including phenoxy) is 1. The summed E-state index contributed by atoms with van der Waals surface area (Å²) >= 11 is 6.25. The number of aromatic nitrogens is 5. The van der Waals surface area contributed by atoms with Crippen LogP contribution in [0.5, 0.6) is 0 Å². The highest BCUT2D eigenvalue weighted by molar-refractivity contribution is 6.31. The molecule has 26 heavy (non-hydrogen) atoms. The molecule has 3 aromatic rings. The first-order chi connectivity index (χ1) is 12.8. The van der Waals surface area contributed by atoms with Crippen molar-refractivity contribution in [1.82, 2.24) is 25.6 Å². The van der Waals surface area contributed by atoms with Gasteiger partial charge in [0.2, 0.25) is 0 Å². The van der Waals surface area contributed by atoms with Crippen LogP contribution in [0, 0.1) is 5.92 Å². The Labute approximate surface area is 156 Å². The van der Waals surface area contributed by atoms with Crippen molar-refractivity contribution >= 4 is 28.5 Å². The number of hydrogen-bond donors (Lipinski definition) is 2. The second kappa shape index (κ2) is 6.55. The number of hydrogen-bond acceptors (Lipinski definition) is 5. The molecule has 8 heteroatoms. The van der Waals surface area contributed by atoms with Crippen LogP contribution in [0.3, 0.4) is 0 Å². The Bertz CT molecular complexity index is 902. The number of tetrazole rings is 1. The molecule has 0 radical (unpaired) electrons. The summed E-state index contributed by atoms with van der Waals surface area (Å²) in [5.74, 6) is 1.21. The lowest BCUT2D eigenvalue weighted by Gasteiger charge is -2.37. The van der Waals surface area contributed by atoms with Gasteiger partial charge in [-0.25, -0.2) is 0 Å². The van der Waals surface area contributed by atoms with Crippen molar-refractivity contribution in [3.63, 3.8) is 0 Å². The van der Waals surface area contributed by atoms with E-state index in [1.54, 1.807) is 0 Å². The minimum Gasteiger partial charge on any atom is -0.381 e. The summed E-state index contributed by atoms with van der Waals surface area (Å²) in [5, 5.41) is 16.8. The van der Waals surface area contributed by atoms with Crippen LogP contribution in [0.1, 0.15) is 36.6 Å². The van der Waals surface area contributed by atoms with Crippen molar-refractivity contribution in [1.29, 1.82) is 0 Å². The van der Waals surface area contributed by atoms with Crippen LogP contribution in [0.4, 0.5) is 5.95 Å². The average Bonchev–Trinajstić information content (AvgIpc) is 3.31. The quantitative estimate of drug-likeness (QED) is 0.737. The molecule has 0 spiro atoms. The standard InChI is InChI=1S/C18H21ClN6O/c19-12-3-4-15-14(9-12)13-5-6-25(18-21-23-24-22-18)16(17(13)20-15)8-11-2-1-7-26-10-11/h3-4,9,11,16,20H,1-2,5-8,10H2,(H,21,22,23,24)/t11-,16-/m0/s1. The Morgan fingerprint density at radius 1 is 1.35 bits per heavy atom. The molecule has 0 aliphatic carbocycles. The lowest BCUT2D eigenvalue weighted by atomic mass is 9.88. The molecule has 7 nitrogen and oxygen atoms in total. The minimum atomic E-state index is 0.189. The summed E-state index contributed by atoms with van der Waals surface area (Å²) in [6.45, 7) is 2.58. The van der Waals surface area contributed by atoms with E-state index in [1.807, 2.05) is 6.07 Å². The number of nitrogens with zero attached hydrogens (tertiary/aromatic N) is 4. The fraction of sp³-hybridized carbons (Fsp3) is 0.500. The molecule has 2 aromatic heterocycles. The van der Waals surface area contributed by atoms with Gasteiger partial charge in [-0.3, -0.25) is 0 Å². The van der Waals surface area contributed by atoms with E-state index >= 15 is 0 Å². The smallest absolute Gasteiger partial charge is 0.266 e. The number of aromatic amines is 2. The molecule has 0 unspecified atom stereocenters. The lowest BCUT2D eigenvalue weighted by molar-refractivity contribution is 0.0483. The highest BCUT2D eigenvalue weighted by Crippen LogP contribution is 2.40. The Kier molecular flexibility index (Phi) is 4.05. The van der Waals surface area contributed by atoms with Gasteiger partial charge >= 0.3 is 0 Å². The molecule has 2 N–H and O–H groups in total. The molecule has 136 valence electrons. The van der Waals surface area contributed by atoms with Crippen LogP contribution in [0.15, 0.2) is 18.2 Å². The fourth-order valence-corrected chi connectivity index (χ4v) is 4.58. The van der Waals surface area contributed by atoms with Crippen LogP contribution in [0.25, 0.3) is 10.9 Å². The Hall–Kier alpha value is -2.12. The first-order valence-electron chi connectivity index (χ1n) is 9.17. The predicted molar refractivity (Wildman–Crippen MR) is 99.4 cm³/mol. The van der Waals surface area contributed by atoms with Crippen LogP contribution >= 0.6 is 11.6 Å². The molecule has 1 fully saturated rings. The largest absolute Gasteiger partial charge is 0.381 e. The van der Waals surface area contributed by atoms with E-state index in [1.165, 1.54) is 23.1 Å². The summed E-state index contributed by atoms with van der Waals surface area (Å²) in [6, 6.07) is 6.26. The van der Waals surface area contributed by atoms with Gasteiger partial charge in [0.25, 0.3) is 5.95 Å². The second-order valence-corrected chi connectivity index (χ2v) is 7.63. The highest BCUT2D eigenvalue weighted by atomic mass is 35.5. The molecule has 1 saturated heterocycles. The first kappa shape index (κ1) is 16.1. The van der Waals surface area contributed by atoms with E-state index < -0.39 is 0 Å². The Balaban J connectivity index is 1.57. The maximum Gasteiger partial charge on any atom is 0.266 e. The van der Waals surface area contributed by atoms with E-state index in [4.69, 9.17) is 16.3 Å². The number of fused-ring (bicyclic) bond motifs is 3. The summed E-state index contributed by atoms with van der Waals surface area (Å²) < 4.78 is 5.72. The summed E-state index contributed by atoms with van der Waals surface area (Å²) in [5.41, 5.74) is 3.76. The molecule has 0 amide bonds. The predicted octanol–water partition coefficient (Wildman–Crippen LogP) is 3.25. The highest BCUT2D eigenvalue weighted by Gasteiger charge is 2.34. The van der Waals surface area contributed by atoms with Crippen molar-refractivity contribution in [2.75, 3.05) is 24.7 Å². The van der Waals surface area contributed by atoms with Gasteiger partial charge in [0, 0.05) is 41.4 Å². The molecule has 2 aliphatic rings. The van der Waals surface area contributed by atoms with Crippen LogP contribution in [-0.4, -0.2) is 45.4 Å². The van der Waals surface area contributed by atoms with Crippen molar-refractivity contribution in [2.45, 2.75) is 31.7 Å². The zero-order valence-electron chi connectivity index (χ0n) is 14.4. The molecule has 2 atom stereocenters. The fourth-order valence-electron chi connectivity index (χ4n) is 4.41. The Morgan fingerprint density at radius 3 is 3.12 bits per heavy atom. The molecule has 0 saturated carbocycles. The normalized spacial score (nSPS) is 23.3. The van der Waals surface area contributed by atoms with Gasteiger partial charge in [0.05, 0.1) is 6.04 Å². The second-order valence-electron chi connectivity index (χ2n) is 7.20. The number of anilines is 1. The van der Waals surface area contributed by atoms with Gasteiger partial charge in [0.15, 0.2) is 0 Å². The zero-order valence-corrected chi connectivity index (χ0v) is 15.2. The molecular formula is C18H21ClN6O. The van der Waals surface area contributed by atoms with Crippen LogP contribution < -0.4 is 4.90 Å². The topological polar surface area (TPSA) is 82.7 Å². The molecule has 5 rings (SSSR count). The van der Waals surface area contributed by atoms with Crippen molar-refractivity contribution in [3.8, 4) is 0 Å². The minimum absolute atomic E-state index is 0.189. The summed E-state index contributed by atoms with van der Waals surface area (Å²) in [7, 11) is 0. The number of nitrogens with one attached hydrogen (secondary N) is 2. The number of halogens is 1. The molecular weight excluding hydrogens is 352 g/mol. The SMILES string of the molecule is Clc1ccc2[nH]c3c(c2c1)CCN(c1nn[nH]n1)[C@H]3C[C@@H]1CCCOC1. The average molecular weight is 373 g/mol. The number of H-pyrrole nitrogens is 2. The van der Waals surface area contributed by atoms with Gasteiger partial charge in [-0.15, -0.1) is 5.10 Å². The van der Waals surface area contributed by atoms with E-state index in [2.05, 4.69) is 42.6 Å². The van der Waals surface area contributed by atoms with Gasteiger partial charge in [0.1, 0.15) is 0 Å².